The van der Waals surface area contributed by atoms with Gasteiger partial charge in [-0.15, -0.1) is 0 Å². The zero-order valence-corrected chi connectivity index (χ0v) is 9.88. The van der Waals surface area contributed by atoms with Crippen molar-refractivity contribution < 1.29 is 63.2 Å². The quantitative estimate of drug-likeness (QED) is 0.445. The smallest absolute Gasteiger partial charge is 1.00 e. The first kappa shape index (κ1) is 12.4. The van der Waals surface area contributed by atoms with Gasteiger partial charge in [-0.2, -0.15) is 0 Å². The Morgan fingerprint density at radius 3 is 1.88 bits per heavy atom. The summed E-state index contributed by atoms with van der Waals surface area (Å²) in [7, 11) is 0. The molecule has 0 fully saturated rings. The summed E-state index contributed by atoms with van der Waals surface area (Å²) in [6, 6.07) is 0. The molecule has 0 aromatic heterocycles. The van der Waals surface area contributed by atoms with E-state index in [1.807, 2.05) is 0 Å². The van der Waals surface area contributed by atoms with Crippen molar-refractivity contribution in [3.8, 4) is 0 Å². The van der Waals surface area contributed by atoms with Gasteiger partial charge in [0.05, 0.1) is 0 Å². The third kappa shape index (κ3) is 10.7. The van der Waals surface area contributed by atoms with E-state index in [0.29, 0.717) is 6.42 Å². The molecular formula is C3H7KO3Se. The molecule has 0 rings (SSSR count). The SMILES string of the molecule is CCC[Se](=O)(=O)[O-].[K+]. The molecule has 0 saturated carbocycles. The fourth-order valence-corrected chi connectivity index (χ4v) is 1.30. The van der Waals surface area contributed by atoms with Crippen molar-refractivity contribution in [3.63, 3.8) is 0 Å². The molecular weight excluding hydrogens is 202 g/mol. The molecule has 0 N–H and O–H groups in total. The summed E-state index contributed by atoms with van der Waals surface area (Å²) in [6.07, 6.45) is 0.441. The first-order valence-electron chi connectivity index (χ1n) is 2.00. The monoisotopic (exact) mass is 210 g/mol. The van der Waals surface area contributed by atoms with Crippen molar-refractivity contribution >= 4 is 13.0 Å². The maximum absolute atomic E-state index is 9.75. The molecule has 5 heteroatoms. The van der Waals surface area contributed by atoms with Crippen LogP contribution in [0.25, 0.3) is 0 Å². The van der Waals surface area contributed by atoms with Crippen LogP contribution in [0.5, 0.6) is 0 Å². The molecule has 0 radical (unpaired) electrons. The Labute approximate surface area is 93.2 Å². The minimum absolute atomic E-state index is 0. The van der Waals surface area contributed by atoms with Crippen LogP contribution in [0.3, 0.4) is 0 Å². The molecule has 0 unspecified atom stereocenters. The van der Waals surface area contributed by atoms with Gasteiger partial charge >= 0.3 is 94.9 Å². The van der Waals surface area contributed by atoms with Gasteiger partial charge in [-0.3, -0.25) is 0 Å². The predicted molar refractivity (Wildman–Crippen MR) is 22.2 cm³/mol. The van der Waals surface area contributed by atoms with Gasteiger partial charge < -0.3 is 0 Å². The molecule has 0 aliphatic heterocycles. The van der Waals surface area contributed by atoms with Gasteiger partial charge in [-0.05, 0) is 0 Å². The molecule has 44 valence electrons. The van der Waals surface area contributed by atoms with E-state index in [0.717, 1.165) is 0 Å². The topological polar surface area (TPSA) is 57.2 Å². The molecule has 0 aliphatic carbocycles. The van der Waals surface area contributed by atoms with Crippen LogP contribution in [-0.2, 0) is 7.67 Å². The summed E-state index contributed by atoms with van der Waals surface area (Å²) >= 11 is -4.56. The number of hydrogen-bond acceptors (Lipinski definition) is 3. The van der Waals surface area contributed by atoms with Crippen LogP contribution in [0.4, 0.5) is 0 Å². The molecule has 0 aliphatic rings. The number of hydrogen-bond donors (Lipinski definition) is 0. The van der Waals surface area contributed by atoms with E-state index >= 15 is 0 Å². The summed E-state index contributed by atoms with van der Waals surface area (Å²) in [5.74, 6) is 0. The van der Waals surface area contributed by atoms with Crippen molar-refractivity contribution in [3.05, 3.63) is 0 Å². The first-order chi connectivity index (χ1) is 3.06. The van der Waals surface area contributed by atoms with Gasteiger partial charge in [0.15, 0.2) is 0 Å². The fourth-order valence-electron chi connectivity index (χ4n) is 0.250. The molecule has 0 aromatic carbocycles. The molecule has 0 saturated heterocycles. The van der Waals surface area contributed by atoms with Crippen LogP contribution < -0.4 is 55.6 Å². The molecule has 3 nitrogen and oxygen atoms in total. The van der Waals surface area contributed by atoms with Crippen LogP contribution in [-0.4, -0.2) is 13.0 Å². The van der Waals surface area contributed by atoms with Crippen molar-refractivity contribution in [2.45, 2.75) is 18.7 Å². The van der Waals surface area contributed by atoms with E-state index in [-0.39, 0.29) is 56.7 Å². The zero-order valence-electron chi connectivity index (χ0n) is 5.05. The second-order valence-corrected chi connectivity index (χ2v) is 4.46. The summed E-state index contributed by atoms with van der Waals surface area (Å²) < 4.78 is 29.2. The third-order valence-corrected chi connectivity index (χ3v) is 2.36. The Kier molecular flexibility index (Phi) is 8.52. The van der Waals surface area contributed by atoms with Gasteiger partial charge in [0.1, 0.15) is 0 Å². The minimum atomic E-state index is -4.56. The summed E-state index contributed by atoms with van der Waals surface area (Å²) in [4.78, 5) is 0. The van der Waals surface area contributed by atoms with Crippen molar-refractivity contribution in [1.82, 2.24) is 0 Å². The summed E-state index contributed by atoms with van der Waals surface area (Å²) in [6.45, 7) is 1.67. The Morgan fingerprint density at radius 1 is 1.50 bits per heavy atom. The van der Waals surface area contributed by atoms with Crippen molar-refractivity contribution in [1.29, 1.82) is 0 Å². The molecule has 0 heterocycles. The van der Waals surface area contributed by atoms with Crippen LogP contribution in [0.15, 0.2) is 0 Å². The largest absolute Gasteiger partial charge is 1.00 e. The van der Waals surface area contributed by atoms with E-state index < -0.39 is 13.0 Å². The van der Waals surface area contributed by atoms with Gasteiger partial charge in [-0.1, -0.05) is 0 Å². The normalized spacial score (nSPS) is 10.2. The van der Waals surface area contributed by atoms with E-state index in [1.165, 1.54) is 0 Å². The van der Waals surface area contributed by atoms with Crippen LogP contribution in [0, 0.1) is 0 Å². The second kappa shape index (κ2) is 5.50. The minimum Gasteiger partial charge on any atom is 1.00 e. The van der Waals surface area contributed by atoms with Crippen molar-refractivity contribution in [2.24, 2.45) is 0 Å². The maximum atomic E-state index is 9.75. The summed E-state index contributed by atoms with van der Waals surface area (Å²) in [5.41, 5.74) is 0. The van der Waals surface area contributed by atoms with Crippen LogP contribution in [0.1, 0.15) is 13.3 Å². The third-order valence-electron chi connectivity index (χ3n) is 0.454. The van der Waals surface area contributed by atoms with Crippen LogP contribution in [0.2, 0.25) is 5.32 Å². The second-order valence-electron chi connectivity index (χ2n) is 1.26. The fraction of sp³-hybridized carbons (Fsp3) is 1.00. The zero-order chi connectivity index (χ0) is 5.91. The first-order valence-corrected chi connectivity index (χ1v) is 5.31. The molecule has 0 amide bonds. The molecule has 8 heavy (non-hydrogen) atoms. The average Bonchev–Trinajstić information content (AvgIpc) is 1.30. The summed E-state index contributed by atoms with van der Waals surface area (Å²) in [5, 5.41) is -0.170. The van der Waals surface area contributed by atoms with E-state index in [1.54, 1.807) is 6.92 Å². The molecule has 0 aromatic rings. The Morgan fingerprint density at radius 2 is 1.88 bits per heavy atom. The van der Waals surface area contributed by atoms with Gasteiger partial charge in [0, 0.05) is 0 Å². The Balaban J connectivity index is 0. The van der Waals surface area contributed by atoms with Gasteiger partial charge in [0.2, 0.25) is 0 Å². The average molecular weight is 209 g/mol. The van der Waals surface area contributed by atoms with Gasteiger partial charge in [-0.25, -0.2) is 0 Å². The van der Waals surface area contributed by atoms with E-state index in [9.17, 15) is 11.9 Å². The standard InChI is InChI=1S/C3H8O3Se.K/c1-2-3-7(4,5)6;/h2-3H2,1H3,(H,4,5,6);/q;+1/p-1. The Bertz CT molecular complexity index is 127. The van der Waals surface area contributed by atoms with Crippen LogP contribution >= 0.6 is 0 Å². The van der Waals surface area contributed by atoms with Crippen molar-refractivity contribution in [2.75, 3.05) is 0 Å². The molecule has 0 spiro atoms. The van der Waals surface area contributed by atoms with Gasteiger partial charge in [0.25, 0.3) is 0 Å². The van der Waals surface area contributed by atoms with E-state index in [4.69, 9.17) is 0 Å². The molecule has 0 atom stereocenters. The van der Waals surface area contributed by atoms with E-state index in [2.05, 4.69) is 0 Å². The predicted octanol–water partition coefficient (Wildman–Crippen LogP) is -3.44. The Hall–Kier alpha value is 1.72. The molecule has 0 bridgehead atoms. The number of rotatable bonds is 2. The maximum Gasteiger partial charge on any atom is 1.00 e.